The molecule has 1 N–H and O–H groups in total. The van der Waals surface area contributed by atoms with Crippen molar-refractivity contribution in [1.29, 1.82) is 0 Å². The van der Waals surface area contributed by atoms with Gasteiger partial charge in [-0.2, -0.15) is 0 Å². The number of anilines is 1. The van der Waals surface area contributed by atoms with Gasteiger partial charge in [0, 0.05) is 38.2 Å². The van der Waals surface area contributed by atoms with Crippen LogP contribution in [0.3, 0.4) is 0 Å². The standard InChI is InChI=1S/C13H21N3OS/c1-17-12-4-6-16(7-5-12)13-15-11(9-18-13)8-14-10-2-3-10/h9-10,12,14H,2-8H2,1H3. The van der Waals surface area contributed by atoms with Gasteiger partial charge < -0.3 is 15.0 Å². The first-order valence-electron chi connectivity index (χ1n) is 6.80. The van der Waals surface area contributed by atoms with Crippen LogP contribution in [0.2, 0.25) is 0 Å². The summed E-state index contributed by atoms with van der Waals surface area (Å²) in [6.45, 7) is 3.07. The molecule has 0 unspecified atom stereocenters. The number of nitrogens with zero attached hydrogens (tertiary/aromatic N) is 2. The molecule has 0 bridgehead atoms. The Kier molecular flexibility index (Phi) is 3.82. The van der Waals surface area contributed by atoms with Crippen LogP contribution in [-0.4, -0.2) is 37.3 Å². The molecule has 5 heteroatoms. The predicted molar refractivity (Wildman–Crippen MR) is 74.2 cm³/mol. The first-order chi connectivity index (χ1) is 8.85. The first-order valence-corrected chi connectivity index (χ1v) is 7.68. The van der Waals surface area contributed by atoms with Gasteiger partial charge in [0.15, 0.2) is 5.13 Å². The van der Waals surface area contributed by atoms with Gasteiger partial charge in [0.1, 0.15) is 0 Å². The smallest absolute Gasteiger partial charge is 0.185 e. The molecule has 1 saturated heterocycles. The molecule has 0 radical (unpaired) electrons. The monoisotopic (exact) mass is 267 g/mol. The lowest BCUT2D eigenvalue weighted by Gasteiger charge is -2.30. The lowest BCUT2D eigenvalue weighted by Crippen LogP contribution is -2.36. The third-order valence-electron chi connectivity index (χ3n) is 3.73. The topological polar surface area (TPSA) is 37.4 Å². The number of nitrogens with one attached hydrogen (secondary N) is 1. The number of ether oxygens (including phenoxy) is 1. The number of aromatic nitrogens is 1. The second kappa shape index (κ2) is 5.55. The molecule has 3 rings (SSSR count). The minimum absolute atomic E-state index is 0.442. The number of piperidine rings is 1. The molecule has 2 aliphatic rings. The summed E-state index contributed by atoms with van der Waals surface area (Å²) >= 11 is 1.77. The van der Waals surface area contributed by atoms with Crippen LogP contribution in [0.5, 0.6) is 0 Å². The highest BCUT2D eigenvalue weighted by atomic mass is 32.1. The van der Waals surface area contributed by atoms with Gasteiger partial charge in [-0.1, -0.05) is 0 Å². The van der Waals surface area contributed by atoms with Crippen molar-refractivity contribution in [2.45, 2.75) is 44.4 Å². The zero-order valence-corrected chi connectivity index (χ0v) is 11.7. The van der Waals surface area contributed by atoms with E-state index in [1.165, 1.54) is 23.7 Å². The van der Waals surface area contributed by atoms with Crippen molar-refractivity contribution in [1.82, 2.24) is 10.3 Å². The van der Waals surface area contributed by atoms with Crippen LogP contribution in [0.25, 0.3) is 0 Å². The SMILES string of the molecule is COC1CCN(c2nc(CNC3CC3)cs2)CC1. The maximum Gasteiger partial charge on any atom is 0.185 e. The molecule has 2 fully saturated rings. The zero-order valence-electron chi connectivity index (χ0n) is 10.9. The number of thiazole rings is 1. The Morgan fingerprint density at radius 1 is 1.39 bits per heavy atom. The second-order valence-corrected chi connectivity index (χ2v) is 6.04. The van der Waals surface area contributed by atoms with E-state index in [-0.39, 0.29) is 0 Å². The van der Waals surface area contributed by atoms with Crippen LogP contribution in [0, 0.1) is 0 Å². The summed E-state index contributed by atoms with van der Waals surface area (Å²) in [6.07, 6.45) is 5.35. The largest absolute Gasteiger partial charge is 0.381 e. The van der Waals surface area contributed by atoms with Crippen molar-refractivity contribution in [3.8, 4) is 0 Å². The summed E-state index contributed by atoms with van der Waals surface area (Å²) in [5.41, 5.74) is 1.19. The molecule has 2 heterocycles. The summed E-state index contributed by atoms with van der Waals surface area (Å²) in [5.74, 6) is 0. The Bertz CT molecular complexity index is 383. The van der Waals surface area contributed by atoms with Gasteiger partial charge in [-0.25, -0.2) is 4.98 Å². The molecule has 4 nitrogen and oxygen atoms in total. The van der Waals surface area contributed by atoms with Gasteiger partial charge in [0.2, 0.25) is 0 Å². The Hall–Kier alpha value is -0.650. The van der Waals surface area contributed by atoms with Crippen LogP contribution < -0.4 is 10.2 Å². The number of hydrogen-bond acceptors (Lipinski definition) is 5. The Labute approximate surface area is 112 Å². The van der Waals surface area contributed by atoms with Crippen molar-refractivity contribution in [2.24, 2.45) is 0 Å². The molecule has 18 heavy (non-hydrogen) atoms. The summed E-state index contributed by atoms with van der Waals surface area (Å²) in [5, 5.41) is 6.88. The van der Waals surface area contributed by atoms with Gasteiger partial charge in [-0.05, 0) is 25.7 Å². The quantitative estimate of drug-likeness (QED) is 0.885. The van der Waals surface area contributed by atoms with Gasteiger partial charge in [0.25, 0.3) is 0 Å². The van der Waals surface area contributed by atoms with E-state index in [0.717, 1.165) is 38.5 Å². The minimum Gasteiger partial charge on any atom is -0.381 e. The third-order valence-corrected chi connectivity index (χ3v) is 4.68. The molecule has 1 aliphatic carbocycles. The maximum absolute atomic E-state index is 5.40. The molecule has 100 valence electrons. The van der Waals surface area contributed by atoms with E-state index >= 15 is 0 Å². The van der Waals surface area contributed by atoms with Gasteiger partial charge in [-0.3, -0.25) is 0 Å². The zero-order chi connectivity index (χ0) is 12.4. The van der Waals surface area contributed by atoms with Crippen LogP contribution in [-0.2, 0) is 11.3 Å². The fraction of sp³-hybridized carbons (Fsp3) is 0.769. The molecule has 1 aromatic rings. The Morgan fingerprint density at radius 2 is 2.17 bits per heavy atom. The highest BCUT2D eigenvalue weighted by Crippen LogP contribution is 2.25. The summed E-state index contributed by atoms with van der Waals surface area (Å²) < 4.78 is 5.40. The fourth-order valence-electron chi connectivity index (χ4n) is 2.34. The number of methoxy groups -OCH3 is 1. The molecule has 0 amide bonds. The average Bonchev–Trinajstić information content (AvgIpc) is 3.14. The lowest BCUT2D eigenvalue weighted by molar-refractivity contribution is 0.0819. The maximum atomic E-state index is 5.40. The van der Waals surface area contributed by atoms with E-state index in [9.17, 15) is 0 Å². The highest BCUT2D eigenvalue weighted by Gasteiger charge is 2.22. The van der Waals surface area contributed by atoms with Crippen LogP contribution in [0.1, 0.15) is 31.4 Å². The fourth-order valence-corrected chi connectivity index (χ4v) is 3.22. The van der Waals surface area contributed by atoms with E-state index in [4.69, 9.17) is 9.72 Å². The Balaban J connectivity index is 1.52. The van der Waals surface area contributed by atoms with Gasteiger partial charge >= 0.3 is 0 Å². The third kappa shape index (κ3) is 3.02. The Morgan fingerprint density at radius 3 is 2.83 bits per heavy atom. The van der Waals surface area contributed by atoms with Crippen LogP contribution in [0.4, 0.5) is 5.13 Å². The van der Waals surface area contributed by atoms with Crippen molar-refractivity contribution < 1.29 is 4.74 Å². The van der Waals surface area contributed by atoms with Crippen LogP contribution in [0.15, 0.2) is 5.38 Å². The second-order valence-electron chi connectivity index (χ2n) is 5.20. The molecule has 0 spiro atoms. The number of hydrogen-bond donors (Lipinski definition) is 1. The van der Waals surface area contributed by atoms with Gasteiger partial charge in [0.05, 0.1) is 11.8 Å². The van der Waals surface area contributed by atoms with Crippen LogP contribution >= 0.6 is 11.3 Å². The highest BCUT2D eigenvalue weighted by molar-refractivity contribution is 7.13. The molecule has 1 saturated carbocycles. The summed E-state index contributed by atoms with van der Waals surface area (Å²) in [4.78, 5) is 7.12. The molecular formula is C13H21N3OS. The molecular weight excluding hydrogens is 246 g/mol. The van der Waals surface area contributed by atoms with Crippen molar-refractivity contribution in [3.05, 3.63) is 11.1 Å². The van der Waals surface area contributed by atoms with Crippen molar-refractivity contribution in [2.75, 3.05) is 25.1 Å². The van der Waals surface area contributed by atoms with E-state index in [2.05, 4.69) is 15.6 Å². The van der Waals surface area contributed by atoms with Crippen molar-refractivity contribution in [3.63, 3.8) is 0 Å². The molecule has 0 aromatic carbocycles. The molecule has 0 atom stereocenters. The van der Waals surface area contributed by atoms with Gasteiger partial charge in [-0.15, -0.1) is 11.3 Å². The summed E-state index contributed by atoms with van der Waals surface area (Å²) in [7, 11) is 1.81. The molecule has 1 aromatic heterocycles. The number of rotatable bonds is 5. The molecule has 1 aliphatic heterocycles. The predicted octanol–water partition coefficient (Wildman–Crippen LogP) is 2.01. The normalized spacial score (nSPS) is 21.5. The first kappa shape index (κ1) is 12.4. The lowest BCUT2D eigenvalue weighted by atomic mass is 10.1. The van der Waals surface area contributed by atoms with Crippen molar-refractivity contribution >= 4 is 16.5 Å². The summed E-state index contributed by atoms with van der Waals surface area (Å²) in [6, 6.07) is 0.757. The van der Waals surface area contributed by atoms with E-state index in [1.807, 2.05) is 7.11 Å². The average molecular weight is 267 g/mol. The van der Waals surface area contributed by atoms with E-state index in [1.54, 1.807) is 11.3 Å². The minimum atomic E-state index is 0.442. The van der Waals surface area contributed by atoms with E-state index < -0.39 is 0 Å². The van der Waals surface area contributed by atoms with E-state index in [0.29, 0.717) is 6.10 Å².